The van der Waals surface area contributed by atoms with Crippen LogP contribution in [0.15, 0.2) is 67.0 Å². The van der Waals surface area contributed by atoms with Gasteiger partial charge in [-0.15, -0.1) is 0 Å². The Balaban J connectivity index is 1.43. The highest BCUT2D eigenvalue weighted by molar-refractivity contribution is 5.95. The number of amides is 1. The van der Waals surface area contributed by atoms with Gasteiger partial charge in [-0.2, -0.15) is 0 Å². The third-order valence-corrected chi connectivity index (χ3v) is 5.06. The smallest absolute Gasteiger partial charge is 0.337 e. The first-order chi connectivity index (χ1) is 14.5. The summed E-state index contributed by atoms with van der Waals surface area (Å²) in [5.41, 5.74) is 2.81. The topological polar surface area (TPSA) is 83.8 Å². The summed E-state index contributed by atoms with van der Waals surface area (Å²) in [5.74, 6) is -0.236. The molecule has 1 fully saturated rings. The molecule has 0 aliphatic carbocycles. The summed E-state index contributed by atoms with van der Waals surface area (Å²) in [7, 11) is 0. The largest absolute Gasteiger partial charge is 0.487 e. The van der Waals surface area contributed by atoms with E-state index in [1.807, 2.05) is 59.4 Å². The van der Waals surface area contributed by atoms with Gasteiger partial charge in [0.15, 0.2) is 0 Å². The number of carbonyl (C=O) groups excluding carboxylic acids is 1. The zero-order valence-electron chi connectivity index (χ0n) is 16.6. The van der Waals surface area contributed by atoms with E-state index in [-0.39, 0.29) is 17.6 Å². The molecule has 0 spiro atoms. The van der Waals surface area contributed by atoms with Crippen LogP contribution in [0.2, 0.25) is 0 Å². The summed E-state index contributed by atoms with van der Waals surface area (Å²) in [6.45, 7) is 3.33. The number of ether oxygens (including phenoxy) is 1. The van der Waals surface area contributed by atoms with Crippen molar-refractivity contribution >= 4 is 17.6 Å². The van der Waals surface area contributed by atoms with E-state index in [1.54, 1.807) is 12.1 Å². The van der Waals surface area contributed by atoms with Crippen molar-refractivity contribution in [2.75, 3.05) is 18.0 Å². The average molecular weight is 405 g/mol. The van der Waals surface area contributed by atoms with Gasteiger partial charge in [-0.05, 0) is 42.0 Å². The maximum Gasteiger partial charge on any atom is 0.337 e. The fraction of sp³-hybridized carbons (Fsp3) is 0.217. The van der Waals surface area contributed by atoms with Crippen molar-refractivity contribution in [3.8, 4) is 11.4 Å². The first-order valence-corrected chi connectivity index (χ1v) is 9.76. The van der Waals surface area contributed by atoms with Crippen LogP contribution in [0.4, 0.5) is 5.69 Å². The van der Waals surface area contributed by atoms with Gasteiger partial charge in [-0.3, -0.25) is 4.79 Å². The summed E-state index contributed by atoms with van der Waals surface area (Å²) >= 11 is 0. The van der Waals surface area contributed by atoms with Crippen LogP contribution < -0.4 is 15.0 Å². The number of carboxylic acid groups (broad SMARTS) is 1. The molecule has 3 aromatic rings. The van der Waals surface area contributed by atoms with Crippen molar-refractivity contribution < 1.29 is 19.4 Å². The van der Waals surface area contributed by atoms with Crippen LogP contribution in [0.3, 0.4) is 0 Å². The highest BCUT2D eigenvalue weighted by Crippen LogP contribution is 2.32. The molecule has 2 heterocycles. The van der Waals surface area contributed by atoms with Crippen molar-refractivity contribution in [1.82, 2.24) is 9.88 Å². The SMILES string of the molecule is CC(=O)NCc1ccc(OC2CN(c3cccc(C(=O)O)c3-n3cccc3)C2)cc1. The number of hydrogen-bond acceptors (Lipinski definition) is 4. The van der Waals surface area contributed by atoms with Gasteiger partial charge in [-0.25, -0.2) is 4.79 Å². The maximum absolute atomic E-state index is 11.7. The molecule has 0 radical (unpaired) electrons. The lowest BCUT2D eigenvalue weighted by Gasteiger charge is -2.41. The van der Waals surface area contributed by atoms with Crippen LogP contribution in [0.25, 0.3) is 5.69 Å². The second-order valence-corrected chi connectivity index (χ2v) is 7.27. The number of benzene rings is 2. The monoisotopic (exact) mass is 405 g/mol. The minimum absolute atomic E-state index is 0.0252. The standard InChI is InChI=1S/C23H23N3O4/c1-16(27)24-13-17-7-9-18(10-8-17)30-19-14-26(15-19)21-6-4-5-20(23(28)29)22(21)25-11-2-3-12-25/h2-12,19H,13-15H2,1H3,(H,24,27)(H,28,29). The Morgan fingerprint density at radius 2 is 1.77 bits per heavy atom. The molecule has 154 valence electrons. The first-order valence-electron chi connectivity index (χ1n) is 9.76. The molecule has 1 aliphatic rings. The Kier molecular flexibility index (Phi) is 5.43. The molecule has 0 bridgehead atoms. The number of aromatic nitrogens is 1. The van der Waals surface area contributed by atoms with Gasteiger partial charge in [-0.1, -0.05) is 18.2 Å². The Labute approximate surface area is 174 Å². The lowest BCUT2D eigenvalue weighted by Crippen LogP contribution is -2.54. The van der Waals surface area contributed by atoms with Gasteiger partial charge in [0.1, 0.15) is 11.9 Å². The lowest BCUT2D eigenvalue weighted by atomic mass is 10.1. The van der Waals surface area contributed by atoms with Gasteiger partial charge >= 0.3 is 5.97 Å². The van der Waals surface area contributed by atoms with E-state index in [1.165, 1.54) is 6.92 Å². The molecule has 2 aromatic carbocycles. The van der Waals surface area contributed by atoms with Gasteiger partial charge in [0.05, 0.1) is 30.0 Å². The Bertz CT molecular complexity index is 1040. The highest BCUT2D eigenvalue weighted by Gasteiger charge is 2.31. The fourth-order valence-corrected chi connectivity index (χ4v) is 3.53. The van der Waals surface area contributed by atoms with E-state index in [0.717, 1.165) is 17.0 Å². The zero-order valence-corrected chi connectivity index (χ0v) is 16.6. The minimum Gasteiger partial charge on any atom is -0.487 e. The number of carbonyl (C=O) groups is 2. The minimum atomic E-state index is -0.951. The number of hydrogen-bond donors (Lipinski definition) is 2. The third kappa shape index (κ3) is 4.15. The molecule has 0 unspecified atom stereocenters. The fourth-order valence-electron chi connectivity index (χ4n) is 3.53. The number of carboxylic acids is 1. The number of aromatic carboxylic acids is 1. The number of nitrogens with zero attached hydrogens (tertiary/aromatic N) is 2. The lowest BCUT2D eigenvalue weighted by molar-refractivity contribution is -0.119. The van der Waals surface area contributed by atoms with Crippen molar-refractivity contribution in [3.05, 3.63) is 78.1 Å². The van der Waals surface area contributed by atoms with Gasteiger partial charge in [0, 0.05) is 25.9 Å². The molecule has 7 nitrogen and oxygen atoms in total. The molecule has 1 aliphatic heterocycles. The molecule has 4 rings (SSSR count). The first kappa shape index (κ1) is 19.6. The molecular weight excluding hydrogens is 382 g/mol. The van der Waals surface area contributed by atoms with Crippen molar-refractivity contribution in [2.45, 2.75) is 19.6 Å². The molecule has 1 aromatic heterocycles. The number of anilines is 1. The van der Waals surface area contributed by atoms with E-state index in [0.29, 0.717) is 25.3 Å². The van der Waals surface area contributed by atoms with Crippen molar-refractivity contribution in [2.24, 2.45) is 0 Å². The van der Waals surface area contributed by atoms with Crippen molar-refractivity contribution in [1.29, 1.82) is 0 Å². The van der Waals surface area contributed by atoms with E-state index >= 15 is 0 Å². The van der Waals surface area contributed by atoms with Crippen LogP contribution in [0.1, 0.15) is 22.8 Å². The molecule has 30 heavy (non-hydrogen) atoms. The number of rotatable bonds is 7. The van der Waals surface area contributed by atoms with Gasteiger partial charge in [0.2, 0.25) is 5.91 Å². The van der Waals surface area contributed by atoms with Crippen LogP contribution in [-0.2, 0) is 11.3 Å². The zero-order chi connectivity index (χ0) is 21.1. The number of nitrogens with one attached hydrogen (secondary N) is 1. The van der Waals surface area contributed by atoms with Gasteiger partial charge < -0.3 is 24.6 Å². The van der Waals surface area contributed by atoms with Crippen LogP contribution in [-0.4, -0.2) is 40.7 Å². The summed E-state index contributed by atoms with van der Waals surface area (Å²) in [4.78, 5) is 24.9. The molecule has 0 saturated carbocycles. The summed E-state index contributed by atoms with van der Waals surface area (Å²) in [6, 6.07) is 16.7. The molecule has 1 saturated heterocycles. The third-order valence-electron chi connectivity index (χ3n) is 5.06. The van der Waals surface area contributed by atoms with Gasteiger partial charge in [0.25, 0.3) is 0 Å². The molecule has 1 amide bonds. The van der Waals surface area contributed by atoms with E-state index < -0.39 is 5.97 Å². The van der Waals surface area contributed by atoms with E-state index in [9.17, 15) is 14.7 Å². The number of para-hydroxylation sites is 1. The molecular formula is C23H23N3O4. The summed E-state index contributed by atoms with van der Waals surface area (Å²) < 4.78 is 7.87. The van der Waals surface area contributed by atoms with Crippen LogP contribution >= 0.6 is 0 Å². The maximum atomic E-state index is 11.7. The van der Waals surface area contributed by atoms with E-state index in [2.05, 4.69) is 10.2 Å². The second kappa shape index (κ2) is 8.32. The summed E-state index contributed by atoms with van der Waals surface area (Å²) in [5, 5.41) is 12.4. The molecule has 7 heteroatoms. The predicted octanol–water partition coefficient (Wildman–Crippen LogP) is 3.08. The van der Waals surface area contributed by atoms with Crippen molar-refractivity contribution in [3.63, 3.8) is 0 Å². The highest BCUT2D eigenvalue weighted by atomic mass is 16.5. The molecule has 0 atom stereocenters. The second-order valence-electron chi connectivity index (χ2n) is 7.27. The Hall–Kier alpha value is -3.74. The average Bonchev–Trinajstić information content (AvgIpc) is 3.23. The molecule has 2 N–H and O–H groups in total. The summed E-state index contributed by atoms with van der Waals surface area (Å²) in [6.07, 6.45) is 3.72. The predicted molar refractivity (Wildman–Crippen MR) is 113 cm³/mol. The van der Waals surface area contributed by atoms with Crippen LogP contribution in [0, 0.1) is 0 Å². The quantitative estimate of drug-likeness (QED) is 0.631. The van der Waals surface area contributed by atoms with E-state index in [4.69, 9.17) is 4.74 Å². The Morgan fingerprint density at radius 3 is 2.40 bits per heavy atom. The normalized spacial score (nSPS) is 13.6. The van der Waals surface area contributed by atoms with Crippen LogP contribution in [0.5, 0.6) is 5.75 Å². The Morgan fingerprint density at radius 1 is 1.07 bits per heavy atom.